The van der Waals surface area contributed by atoms with Crippen LogP contribution in [0.4, 0.5) is 0 Å². The van der Waals surface area contributed by atoms with E-state index in [1.807, 2.05) is 0 Å². The first-order chi connectivity index (χ1) is 6.29. The molecule has 0 atom stereocenters. The lowest BCUT2D eigenvalue weighted by atomic mass is 10.1. The summed E-state index contributed by atoms with van der Waals surface area (Å²) in [4.78, 5) is 12.2. The number of hydrogen-bond acceptors (Lipinski definition) is 2. The van der Waals surface area contributed by atoms with E-state index in [0.717, 1.165) is 24.8 Å². The second-order valence-electron chi connectivity index (χ2n) is 3.42. The van der Waals surface area contributed by atoms with Gasteiger partial charge < -0.3 is 5.11 Å². The first-order valence-electron chi connectivity index (χ1n) is 4.61. The van der Waals surface area contributed by atoms with Crippen molar-refractivity contribution < 1.29 is 9.90 Å². The van der Waals surface area contributed by atoms with Gasteiger partial charge in [-0.1, -0.05) is 6.42 Å². The number of carboxylic acid groups (broad SMARTS) is 1. The molecule has 0 bridgehead atoms. The van der Waals surface area contributed by atoms with Gasteiger partial charge in [0, 0.05) is 10.3 Å². The summed E-state index contributed by atoms with van der Waals surface area (Å²) in [5.41, 5.74) is 1.65. The molecule has 0 aromatic carbocycles. The maximum atomic E-state index is 10.9. The first kappa shape index (κ1) is 8.75. The highest BCUT2D eigenvalue weighted by Gasteiger charge is 2.17. The Balaban J connectivity index is 2.39. The summed E-state index contributed by atoms with van der Waals surface area (Å²) in [6, 6.07) is 0. The van der Waals surface area contributed by atoms with Crippen LogP contribution in [0, 0.1) is 0 Å². The van der Waals surface area contributed by atoms with Crippen molar-refractivity contribution >= 4 is 17.3 Å². The molecule has 0 fully saturated rings. The molecule has 1 aliphatic rings. The molecule has 1 aromatic heterocycles. The smallest absolute Gasteiger partial charge is 0.336 e. The number of rotatable bonds is 1. The van der Waals surface area contributed by atoms with E-state index >= 15 is 0 Å². The summed E-state index contributed by atoms with van der Waals surface area (Å²) in [6.07, 6.45) is 5.63. The topological polar surface area (TPSA) is 37.3 Å². The molecule has 0 spiro atoms. The fourth-order valence-corrected chi connectivity index (χ4v) is 2.97. The SMILES string of the molecule is O=C(O)c1csc2c1CCCCC2. The van der Waals surface area contributed by atoms with Gasteiger partial charge in [-0.25, -0.2) is 4.79 Å². The monoisotopic (exact) mass is 196 g/mol. The normalized spacial score (nSPS) is 16.3. The average molecular weight is 196 g/mol. The molecule has 0 amide bonds. The minimum absolute atomic E-state index is 0.543. The van der Waals surface area contributed by atoms with E-state index in [4.69, 9.17) is 5.11 Å². The minimum Gasteiger partial charge on any atom is -0.478 e. The van der Waals surface area contributed by atoms with Gasteiger partial charge in [-0.05, 0) is 31.2 Å². The van der Waals surface area contributed by atoms with Gasteiger partial charge in [0.15, 0.2) is 0 Å². The fraction of sp³-hybridized carbons (Fsp3) is 0.500. The number of aromatic carboxylic acids is 1. The quantitative estimate of drug-likeness (QED) is 0.701. The third-order valence-corrected chi connectivity index (χ3v) is 3.63. The van der Waals surface area contributed by atoms with Crippen LogP contribution in [0.25, 0.3) is 0 Å². The average Bonchev–Trinajstić information content (AvgIpc) is 2.36. The molecule has 0 saturated carbocycles. The molecule has 0 radical (unpaired) electrons. The van der Waals surface area contributed by atoms with Gasteiger partial charge in [0.1, 0.15) is 0 Å². The van der Waals surface area contributed by atoms with E-state index in [0.29, 0.717) is 5.56 Å². The first-order valence-corrected chi connectivity index (χ1v) is 5.49. The van der Waals surface area contributed by atoms with Gasteiger partial charge in [0.05, 0.1) is 5.56 Å². The van der Waals surface area contributed by atoms with E-state index < -0.39 is 5.97 Å². The summed E-state index contributed by atoms with van der Waals surface area (Å²) in [5.74, 6) is -0.764. The largest absolute Gasteiger partial charge is 0.478 e. The number of hydrogen-bond donors (Lipinski definition) is 1. The van der Waals surface area contributed by atoms with Crippen molar-refractivity contribution in [1.29, 1.82) is 0 Å². The molecule has 0 unspecified atom stereocenters. The number of fused-ring (bicyclic) bond motifs is 1. The Kier molecular flexibility index (Phi) is 2.36. The Hall–Kier alpha value is -0.830. The van der Waals surface area contributed by atoms with Crippen molar-refractivity contribution in [2.24, 2.45) is 0 Å². The standard InChI is InChI=1S/C10H12O2S/c11-10(12)8-6-13-9-5-3-1-2-4-7(8)9/h6H,1-5H2,(H,11,12). The van der Waals surface area contributed by atoms with Crippen LogP contribution in [0.3, 0.4) is 0 Å². The molecule has 1 aliphatic carbocycles. The van der Waals surface area contributed by atoms with E-state index in [9.17, 15) is 4.79 Å². The van der Waals surface area contributed by atoms with E-state index in [2.05, 4.69) is 0 Å². The van der Waals surface area contributed by atoms with Crippen molar-refractivity contribution in [2.45, 2.75) is 32.1 Å². The molecule has 2 rings (SSSR count). The van der Waals surface area contributed by atoms with E-state index in [1.54, 1.807) is 16.7 Å². The third kappa shape index (κ3) is 1.61. The molecule has 13 heavy (non-hydrogen) atoms. The van der Waals surface area contributed by atoms with E-state index in [-0.39, 0.29) is 0 Å². The van der Waals surface area contributed by atoms with Crippen molar-refractivity contribution in [2.75, 3.05) is 0 Å². The minimum atomic E-state index is -0.764. The third-order valence-electron chi connectivity index (χ3n) is 2.54. The van der Waals surface area contributed by atoms with Gasteiger partial charge in [-0.2, -0.15) is 0 Å². The number of carbonyl (C=O) groups is 1. The van der Waals surface area contributed by atoms with Gasteiger partial charge >= 0.3 is 5.97 Å². The number of aryl methyl sites for hydroxylation is 1. The Morgan fingerprint density at radius 1 is 1.31 bits per heavy atom. The van der Waals surface area contributed by atoms with Crippen LogP contribution in [0.1, 0.15) is 40.1 Å². The Morgan fingerprint density at radius 3 is 2.85 bits per heavy atom. The highest BCUT2D eigenvalue weighted by molar-refractivity contribution is 7.10. The van der Waals surface area contributed by atoms with Gasteiger partial charge in [0.25, 0.3) is 0 Å². The molecule has 0 aliphatic heterocycles. The van der Waals surface area contributed by atoms with Gasteiger partial charge in [-0.15, -0.1) is 11.3 Å². The van der Waals surface area contributed by atoms with Crippen molar-refractivity contribution in [3.05, 3.63) is 21.4 Å². The second kappa shape index (κ2) is 3.50. The highest BCUT2D eigenvalue weighted by atomic mass is 32.1. The summed E-state index contributed by atoms with van der Waals surface area (Å²) in [5, 5.41) is 10.7. The Morgan fingerprint density at radius 2 is 2.08 bits per heavy atom. The predicted octanol–water partition coefficient (Wildman–Crippen LogP) is 2.72. The zero-order valence-corrected chi connectivity index (χ0v) is 8.19. The number of carboxylic acids is 1. The van der Waals surface area contributed by atoms with Crippen LogP contribution in [-0.4, -0.2) is 11.1 Å². The molecule has 2 nitrogen and oxygen atoms in total. The molecular weight excluding hydrogens is 184 g/mol. The highest BCUT2D eigenvalue weighted by Crippen LogP contribution is 2.29. The van der Waals surface area contributed by atoms with Crippen molar-refractivity contribution in [1.82, 2.24) is 0 Å². The molecular formula is C10H12O2S. The van der Waals surface area contributed by atoms with Gasteiger partial charge in [0.2, 0.25) is 0 Å². The van der Waals surface area contributed by atoms with Crippen LogP contribution in [0.5, 0.6) is 0 Å². The second-order valence-corrected chi connectivity index (χ2v) is 4.38. The summed E-state index contributed by atoms with van der Waals surface area (Å²) < 4.78 is 0. The van der Waals surface area contributed by atoms with Crippen molar-refractivity contribution in [3.8, 4) is 0 Å². The van der Waals surface area contributed by atoms with Crippen LogP contribution in [0.15, 0.2) is 5.38 Å². The van der Waals surface area contributed by atoms with Crippen molar-refractivity contribution in [3.63, 3.8) is 0 Å². The molecule has 1 heterocycles. The molecule has 70 valence electrons. The summed E-state index contributed by atoms with van der Waals surface area (Å²) in [7, 11) is 0. The summed E-state index contributed by atoms with van der Waals surface area (Å²) >= 11 is 1.61. The lowest BCUT2D eigenvalue weighted by Gasteiger charge is -1.98. The van der Waals surface area contributed by atoms with Gasteiger partial charge in [-0.3, -0.25) is 0 Å². The zero-order valence-electron chi connectivity index (χ0n) is 7.38. The molecule has 3 heteroatoms. The van der Waals surface area contributed by atoms with Crippen LogP contribution < -0.4 is 0 Å². The fourth-order valence-electron chi connectivity index (χ4n) is 1.85. The summed E-state index contributed by atoms with van der Waals surface area (Å²) in [6.45, 7) is 0. The van der Waals surface area contributed by atoms with E-state index in [1.165, 1.54) is 17.7 Å². The Labute approximate surface area is 81.2 Å². The van der Waals surface area contributed by atoms with Crippen LogP contribution in [0.2, 0.25) is 0 Å². The lowest BCUT2D eigenvalue weighted by Crippen LogP contribution is -1.99. The Bertz CT molecular complexity index is 328. The lowest BCUT2D eigenvalue weighted by molar-refractivity contribution is 0.0696. The molecule has 0 saturated heterocycles. The molecule has 1 aromatic rings. The zero-order chi connectivity index (χ0) is 9.26. The van der Waals surface area contributed by atoms with Crippen LogP contribution >= 0.6 is 11.3 Å². The maximum Gasteiger partial charge on any atom is 0.336 e. The predicted molar refractivity (Wildman–Crippen MR) is 52.5 cm³/mol. The molecule has 1 N–H and O–H groups in total. The van der Waals surface area contributed by atoms with Crippen LogP contribution in [-0.2, 0) is 12.8 Å². The number of thiophene rings is 1. The maximum absolute atomic E-state index is 10.9.